The first kappa shape index (κ1) is 15.1. The number of carbonyl (C=O) groups is 1. The van der Waals surface area contributed by atoms with Crippen LogP contribution in [0.5, 0.6) is 0 Å². The molecular formula is C18H24ClNO. The maximum Gasteiger partial charge on any atom is 0.137 e. The van der Waals surface area contributed by atoms with E-state index >= 15 is 0 Å². The van der Waals surface area contributed by atoms with E-state index in [1.54, 1.807) is 0 Å². The fourth-order valence-corrected chi connectivity index (χ4v) is 4.53. The summed E-state index contributed by atoms with van der Waals surface area (Å²) in [5.74, 6) is 1.65. The Hall–Kier alpha value is -0.860. The van der Waals surface area contributed by atoms with Crippen molar-refractivity contribution in [1.82, 2.24) is 4.90 Å². The molecule has 2 bridgehead atoms. The summed E-state index contributed by atoms with van der Waals surface area (Å²) in [5.41, 5.74) is 1.29. The van der Waals surface area contributed by atoms with E-state index in [1.807, 2.05) is 19.1 Å². The van der Waals surface area contributed by atoms with Crippen LogP contribution in [0.1, 0.15) is 44.1 Å². The Morgan fingerprint density at radius 1 is 1.29 bits per heavy atom. The fourth-order valence-electron chi connectivity index (χ4n) is 4.41. The molecule has 114 valence electrons. The zero-order valence-corrected chi connectivity index (χ0v) is 13.6. The average Bonchev–Trinajstić information content (AvgIpc) is 2.74. The summed E-state index contributed by atoms with van der Waals surface area (Å²) in [6.45, 7) is 3.14. The Balaban J connectivity index is 1.99. The topological polar surface area (TPSA) is 20.3 Å². The van der Waals surface area contributed by atoms with Crippen molar-refractivity contribution < 1.29 is 4.79 Å². The molecule has 0 radical (unpaired) electrons. The van der Waals surface area contributed by atoms with Crippen molar-refractivity contribution in [1.29, 1.82) is 0 Å². The van der Waals surface area contributed by atoms with Gasteiger partial charge in [0, 0.05) is 29.9 Å². The summed E-state index contributed by atoms with van der Waals surface area (Å²) < 4.78 is 0. The van der Waals surface area contributed by atoms with Gasteiger partial charge in [-0.2, -0.15) is 0 Å². The maximum absolute atomic E-state index is 12.7. The van der Waals surface area contributed by atoms with Crippen LogP contribution in [0.15, 0.2) is 24.3 Å². The molecule has 1 aromatic rings. The van der Waals surface area contributed by atoms with E-state index in [0.717, 1.165) is 23.9 Å². The lowest BCUT2D eigenvalue weighted by Crippen LogP contribution is -2.45. The molecule has 3 aliphatic rings. The number of halogens is 1. The van der Waals surface area contributed by atoms with E-state index in [2.05, 4.69) is 24.1 Å². The highest BCUT2D eigenvalue weighted by molar-refractivity contribution is 6.30. The normalized spacial score (nSPS) is 32.9. The highest BCUT2D eigenvalue weighted by atomic mass is 35.5. The zero-order chi connectivity index (χ0) is 15.0. The maximum atomic E-state index is 12.7. The average molecular weight is 306 g/mol. The Labute approximate surface area is 132 Å². The minimum absolute atomic E-state index is 0.147. The largest absolute Gasteiger partial charge is 0.302 e. The van der Waals surface area contributed by atoms with Crippen molar-refractivity contribution in [2.75, 3.05) is 13.6 Å². The van der Waals surface area contributed by atoms with Crippen LogP contribution in [-0.2, 0) is 4.79 Å². The van der Waals surface area contributed by atoms with E-state index in [-0.39, 0.29) is 5.92 Å². The van der Waals surface area contributed by atoms with E-state index in [4.69, 9.17) is 11.6 Å². The van der Waals surface area contributed by atoms with Crippen molar-refractivity contribution in [3.63, 3.8) is 0 Å². The highest BCUT2D eigenvalue weighted by Crippen LogP contribution is 2.45. The van der Waals surface area contributed by atoms with E-state index in [9.17, 15) is 4.79 Å². The molecule has 1 saturated carbocycles. The van der Waals surface area contributed by atoms with Gasteiger partial charge in [-0.25, -0.2) is 0 Å². The lowest BCUT2D eigenvalue weighted by Gasteiger charge is -2.37. The predicted octanol–water partition coefficient (Wildman–Crippen LogP) is 4.13. The Kier molecular flexibility index (Phi) is 4.37. The lowest BCUT2D eigenvalue weighted by molar-refractivity contribution is -0.125. The standard InChI is InChI=1S/C18H24ClNO/c1-3-17(21)18-15(13-5-7-14(19)8-6-13)10-12-4-9-16(18)20(2)11-12/h5-8,12,15-16,18H,3-4,9-11H2,1-2H3. The van der Waals surface area contributed by atoms with E-state index < -0.39 is 0 Å². The van der Waals surface area contributed by atoms with Crippen LogP contribution in [0, 0.1) is 11.8 Å². The predicted molar refractivity (Wildman–Crippen MR) is 86.7 cm³/mol. The molecule has 3 fully saturated rings. The Morgan fingerprint density at radius 2 is 2.00 bits per heavy atom. The van der Waals surface area contributed by atoms with Gasteiger partial charge in [0.2, 0.25) is 0 Å². The second kappa shape index (κ2) is 6.10. The quantitative estimate of drug-likeness (QED) is 0.837. The van der Waals surface area contributed by atoms with Gasteiger partial charge in [0.1, 0.15) is 5.78 Å². The second-order valence-corrected chi connectivity index (χ2v) is 7.13. The number of benzene rings is 1. The van der Waals surface area contributed by atoms with Crippen LogP contribution < -0.4 is 0 Å². The minimum atomic E-state index is 0.147. The molecule has 4 atom stereocenters. The molecule has 0 spiro atoms. The second-order valence-electron chi connectivity index (χ2n) is 6.69. The number of rotatable bonds is 3. The number of hydrogen-bond acceptors (Lipinski definition) is 2. The monoisotopic (exact) mass is 305 g/mol. The van der Waals surface area contributed by atoms with Gasteiger partial charge in [-0.3, -0.25) is 4.79 Å². The summed E-state index contributed by atoms with van der Waals surface area (Å²) >= 11 is 6.03. The van der Waals surface area contributed by atoms with Crippen LogP contribution in [0.3, 0.4) is 0 Å². The molecule has 1 aliphatic carbocycles. The summed E-state index contributed by atoms with van der Waals surface area (Å²) in [6.07, 6.45) is 4.22. The van der Waals surface area contributed by atoms with E-state index in [0.29, 0.717) is 24.2 Å². The molecule has 4 rings (SSSR count). The molecule has 2 nitrogen and oxygen atoms in total. The molecule has 2 heterocycles. The molecule has 0 N–H and O–H groups in total. The summed E-state index contributed by atoms with van der Waals surface area (Å²) in [7, 11) is 2.19. The number of nitrogens with zero attached hydrogens (tertiary/aromatic N) is 1. The van der Waals surface area contributed by atoms with Crippen molar-refractivity contribution >= 4 is 17.4 Å². The summed E-state index contributed by atoms with van der Waals surface area (Å²) in [4.78, 5) is 15.1. The first-order valence-electron chi connectivity index (χ1n) is 8.08. The number of ketones is 1. The molecular weight excluding hydrogens is 282 g/mol. The highest BCUT2D eigenvalue weighted by Gasteiger charge is 2.44. The third-order valence-electron chi connectivity index (χ3n) is 5.44. The molecule has 0 aromatic heterocycles. The third kappa shape index (κ3) is 2.89. The first-order valence-corrected chi connectivity index (χ1v) is 8.46. The molecule has 1 aromatic carbocycles. The Morgan fingerprint density at radius 3 is 2.62 bits per heavy atom. The lowest BCUT2D eigenvalue weighted by atomic mass is 9.77. The fraction of sp³-hybridized carbons (Fsp3) is 0.611. The number of hydrogen-bond donors (Lipinski definition) is 0. The molecule has 4 unspecified atom stereocenters. The van der Waals surface area contributed by atoms with Gasteiger partial charge in [0.25, 0.3) is 0 Å². The van der Waals surface area contributed by atoms with Gasteiger partial charge in [-0.05, 0) is 55.8 Å². The molecule has 3 heteroatoms. The van der Waals surface area contributed by atoms with Crippen LogP contribution in [0.2, 0.25) is 5.02 Å². The molecule has 2 saturated heterocycles. The summed E-state index contributed by atoms with van der Waals surface area (Å²) in [5, 5.41) is 0.769. The van der Waals surface area contributed by atoms with Crippen molar-refractivity contribution in [3.8, 4) is 0 Å². The SMILES string of the molecule is CCC(=O)C1C(c2ccc(Cl)cc2)CC2CCC1N(C)C2. The van der Waals surface area contributed by atoms with Crippen LogP contribution in [0.4, 0.5) is 0 Å². The van der Waals surface area contributed by atoms with Crippen LogP contribution in [-0.4, -0.2) is 30.3 Å². The van der Waals surface area contributed by atoms with Gasteiger partial charge in [0.05, 0.1) is 0 Å². The van der Waals surface area contributed by atoms with Crippen LogP contribution >= 0.6 is 11.6 Å². The molecule has 0 amide bonds. The minimum Gasteiger partial charge on any atom is -0.302 e. The molecule has 21 heavy (non-hydrogen) atoms. The smallest absolute Gasteiger partial charge is 0.137 e. The van der Waals surface area contributed by atoms with Crippen molar-refractivity contribution in [2.24, 2.45) is 11.8 Å². The number of carbonyl (C=O) groups excluding carboxylic acids is 1. The number of piperidine rings is 1. The zero-order valence-electron chi connectivity index (χ0n) is 12.9. The van der Waals surface area contributed by atoms with Gasteiger partial charge < -0.3 is 4.90 Å². The van der Waals surface area contributed by atoms with Gasteiger partial charge >= 0.3 is 0 Å². The third-order valence-corrected chi connectivity index (χ3v) is 5.69. The summed E-state index contributed by atoms with van der Waals surface area (Å²) in [6, 6.07) is 8.57. The first-order chi connectivity index (χ1) is 10.1. The van der Waals surface area contributed by atoms with Crippen molar-refractivity contribution in [2.45, 2.75) is 44.6 Å². The Bertz CT molecular complexity index is 512. The molecule has 2 aliphatic heterocycles. The number of Topliss-reactive ketones (excluding diaryl/α,β-unsaturated/α-hetero) is 1. The number of fused-ring (bicyclic) bond motifs is 4. The van der Waals surface area contributed by atoms with Gasteiger partial charge in [0.15, 0.2) is 0 Å². The van der Waals surface area contributed by atoms with Gasteiger partial charge in [-0.1, -0.05) is 30.7 Å². The van der Waals surface area contributed by atoms with Crippen LogP contribution in [0.25, 0.3) is 0 Å². The van der Waals surface area contributed by atoms with E-state index in [1.165, 1.54) is 18.4 Å². The van der Waals surface area contributed by atoms with Gasteiger partial charge in [-0.15, -0.1) is 0 Å². The van der Waals surface area contributed by atoms with Crippen molar-refractivity contribution in [3.05, 3.63) is 34.9 Å².